The average Bonchev–Trinajstić information content (AvgIpc) is 2.15. The number of rotatable bonds is 1. The van der Waals surface area contributed by atoms with Gasteiger partial charge in [0.25, 0.3) is 0 Å². The summed E-state index contributed by atoms with van der Waals surface area (Å²) in [7, 11) is 2.04. The van der Waals surface area contributed by atoms with E-state index in [-0.39, 0.29) is 0 Å². The first kappa shape index (κ1) is 7.73. The fraction of sp³-hybridized carbons (Fsp3) is 0.875. The summed E-state index contributed by atoms with van der Waals surface area (Å²) in [6, 6.07) is 0.454. The molecule has 2 heteroatoms. The zero-order valence-electron chi connectivity index (χ0n) is 7.05. The molecular formula is C8H16NO+. The van der Waals surface area contributed by atoms with Gasteiger partial charge in [-0.15, -0.1) is 0 Å². The van der Waals surface area contributed by atoms with Crippen LogP contribution in [0.4, 0.5) is 0 Å². The molecule has 1 saturated heterocycles. The molecule has 1 aliphatic rings. The van der Waals surface area contributed by atoms with Crippen molar-refractivity contribution < 1.29 is 9.28 Å². The van der Waals surface area contributed by atoms with Gasteiger partial charge in [-0.25, -0.2) is 4.79 Å². The molecule has 0 aliphatic carbocycles. The highest BCUT2D eigenvalue weighted by Crippen LogP contribution is 2.21. The first-order chi connectivity index (χ1) is 4.57. The highest BCUT2D eigenvalue weighted by atomic mass is 16.2. The van der Waals surface area contributed by atoms with Crippen LogP contribution in [0.25, 0.3) is 0 Å². The Kier molecular flexibility index (Phi) is 1.82. The summed E-state index contributed by atoms with van der Waals surface area (Å²) >= 11 is 0. The Morgan fingerprint density at radius 1 is 1.50 bits per heavy atom. The van der Waals surface area contributed by atoms with Gasteiger partial charge in [0.15, 0.2) is 0 Å². The Morgan fingerprint density at radius 2 is 2.10 bits per heavy atom. The number of amides is 1. The van der Waals surface area contributed by atoms with Gasteiger partial charge in [0.05, 0.1) is 26.1 Å². The minimum Gasteiger partial charge on any atom is -0.261 e. The van der Waals surface area contributed by atoms with E-state index >= 15 is 0 Å². The van der Waals surface area contributed by atoms with Crippen LogP contribution in [-0.2, 0) is 4.79 Å². The van der Waals surface area contributed by atoms with E-state index in [0.29, 0.717) is 16.4 Å². The van der Waals surface area contributed by atoms with Gasteiger partial charge in [-0.3, -0.25) is 4.48 Å². The van der Waals surface area contributed by atoms with Gasteiger partial charge in [0.2, 0.25) is 0 Å². The summed E-state index contributed by atoms with van der Waals surface area (Å²) in [5.74, 6) is 0.412. The minimum atomic E-state index is 0.412. The molecule has 1 unspecified atom stereocenters. The standard InChI is InChI=1S/C8H16NO/c1-7(2)9(3)6-4-5-8(9)10/h7H,4-6H2,1-3H3/q+1. The van der Waals surface area contributed by atoms with Crippen molar-refractivity contribution in [3.05, 3.63) is 0 Å². The highest BCUT2D eigenvalue weighted by Gasteiger charge is 2.39. The van der Waals surface area contributed by atoms with Gasteiger partial charge >= 0.3 is 5.91 Å². The fourth-order valence-corrected chi connectivity index (χ4v) is 1.49. The normalized spacial score (nSPS) is 33.8. The first-order valence-electron chi connectivity index (χ1n) is 3.96. The van der Waals surface area contributed by atoms with E-state index in [9.17, 15) is 4.79 Å². The molecule has 1 amide bonds. The predicted octanol–water partition coefficient (Wildman–Crippen LogP) is 1.16. The van der Waals surface area contributed by atoms with Crippen molar-refractivity contribution in [1.82, 2.24) is 0 Å². The molecule has 1 rings (SSSR count). The number of hydrogen-bond donors (Lipinski definition) is 0. The van der Waals surface area contributed by atoms with Crippen molar-refractivity contribution in [3.63, 3.8) is 0 Å². The molecule has 0 aromatic heterocycles. The van der Waals surface area contributed by atoms with E-state index < -0.39 is 0 Å². The number of carbonyl (C=O) groups is 1. The predicted molar refractivity (Wildman–Crippen MR) is 40.4 cm³/mol. The monoisotopic (exact) mass is 142 g/mol. The maximum atomic E-state index is 11.3. The van der Waals surface area contributed by atoms with Crippen LogP contribution < -0.4 is 0 Å². The van der Waals surface area contributed by atoms with Crippen molar-refractivity contribution in [2.45, 2.75) is 32.7 Å². The SMILES string of the molecule is CC(C)[N+]1(C)CCCC1=O. The molecule has 0 radical (unpaired) electrons. The molecule has 1 heterocycles. The van der Waals surface area contributed by atoms with Crippen LogP contribution in [0.1, 0.15) is 26.7 Å². The third-order valence-corrected chi connectivity index (χ3v) is 2.72. The molecule has 0 aromatic carbocycles. The lowest BCUT2D eigenvalue weighted by atomic mass is 10.3. The molecule has 0 saturated carbocycles. The zero-order valence-corrected chi connectivity index (χ0v) is 7.05. The van der Waals surface area contributed by atoms with Crippen LogP contribution >= 0.6 is 0 Å². The average molecular weight is 142 g/mol. The van der Waals surface area contributed by atoms with E-state index in [1.807, 2.05) is 7.05 Å². The van der Waals surface area contributed by atoms with Crippen molar-refractivity contribution in [2.75, 3.05) is 13.6 Å². The Labute approximate surface area is 62.4 Å². The topological polar surface area (TPSA) is 17.1 Å². The summed E-state index contributed by atoms with van der Waals surface area (Å²) in [5, 5.41) is 0. The number of likely N-dealkylation sites (tertiary alicyclic amines) is 1. The lowest BCUT2D eigenvalue weighted by Crippen LogP contribution is -2.50. The Bertz CT molecular complexity index is 153. The van der Waals surface area contributed by atoms with Gasteiger partial charge in [0.1, 0.15) is 0 Å². The van der Waals surface area contributed by atoms with Crippen molar-refractivity contribution in [1.29, 1.82) is 0 Å². The van der Waals surface area contributed by atoms with Gasteiger partial charge < -0.3 is 0 Å². The smallest absolute Gasteiger partial charge is 0.261 e. The summed E-state index contributed by atoms with van der Waals surface area (Å²) in [4.78, 5) is 11.3. The van der Waals surface area contributed by atoms with Crippen LogP contribution in [-0.4, -0.2) is 30.0 Å². The second-order valence-electron chi connectivity index (χ2n) is 3.58. The molecule has 1 fully saturated rings. The van der Waals surface area contributed by atoms with Crippen LogP contribution in [0.2, 0.25) is 0 Å². The molecule has 1 atom stereocenters. The number of carbonyl (C=O) groups excluding carboxylic acids is 1. The van der Waals surface area contributed by atoms with E-state index in [4.69, 9.17) is 0 Å². The molecular weight excluding hydrogens is 126 g/mol. The van der Waals surface area contributed by atoms with Crippen molar-refractivity contribution in [2.24, 2.45) is 0 Å². The second kappa shape index (κ2) is 2.35. The van der Waals surface area contributed by atoms with Crippen LogP contribution in [0.5, 0.6) is 0 Å². The minimum absolute atomic E-state index is 0.412. The lowest BCUT2D eigenvalue weighted by molar-refractivity contribution is -0.848. The molecule has 0 bridgehead atoms. The largest absolute Gasteiger partial charge is 0.313 e. The van der Waals surface area contributed by atoms with Crippen LogP contribution in [0.3, 0.4) is 0 Å². The summed E-state index contributed by atoms with van der Waals surface area (Å²) in [6.45, 7) is 5.27. The van der Waals surface area contributed by atoms with Crippen LogP contribution in [0.15, 0.2) is 0 Å². The van der Waals surface area contributed by atoms with Crippen LogP contribution in [0, 0.1) is 0 Å². The van der Waals surface area contributed by atoms with Crippen molar-refractivity contribution >= 4 is 5.91 Å². The third kappa shape index (κ3) is 0.966. The number of nitrogens with zero attached hydrogens (tertiary/aromatic N) is 1. The van der Waals surface area contributed by atoms with Crippen molar-refractivity contribution in [3.8, 4) is 0 Å². The Balaban J connectivity index is 2.75. The molecule has 1 aliphatic heterocycles. The molecule has 10 heavy (non-hydrogen) atoms. The maximum absolute atomic E-state index is 11.3. The Morgan fingerprint density at radius 3 is 2.30 bits per heavy atom. The van der Waals surface area contributed by atoms with Gasteiger partial charge in [0, 0.05) is 6.42 Å². The third-order valence-electron chi connectivity index (χ3n) is 2.72. The van der Waals surface area contributed by atoms with E-state index in [2.05, 4.69) is 13.8 Å². The zero-order chi connectivity index (χ0) is 7.78. The number of hydrogen-bond acceptors (Lipinski definition) is 1. The Hall–Kier alpha value is -0.370. The molecule has 0 aromatic rings. The van der Waals surface area contributed by atoms with Gasteiger partial charge in [-0.05, 0) is 13.8 Å². The second-order valence-corrected chi connectivity index (χ2v) is 3.58. The van der Waals surface area contributed by atoms with E-state index in [0.717, 1.165) is 19.4 Å². The van der Waals surface area contributed by atoms with Gasteiger partial charge in [-0.2, -0.15) is 0 Å². The first-order valence-corrected chi connectivity index (χ1v) is 3.96. The number of quaternary nitrogens is 1. The highest BCUT2D eigenvalue weighted by molar-refractivity contribution is 5.70. The maximum Gasteiger partial charge on any atom is 0.313 e. The van der Waals surface area contributed by atoms with Gasteiger partial charge in [-0.1, -0.05) is 0 Å². The fourth-order valence-electron chi connectivity index (χ4n) is 1.49. The van der Waals surface area contributed by atoms with E-state index in [1.54, 1.807) is 0 Å². The summed E-state index contributed by atoms with van der Waals surface area (Å²) in [6.07, 6.45) is 1.86. The van der Waals surface area contributed by atoms with E-state index in [1.165, 1.54) is 0 Å². The molecule has 2 nitrogen and oxygen atoms in total. The lowest BCUT2D eigenvalue weighted by Gasteiger charge is -2.30. The summed E-state index contributed by atoms with van der Waals surface area (Å²) in [5.41, 5.74) is 0. The quantitative estimate of drug-likeness (QED) is 0.502. The molecule has 0 N–H and O–H groups in total. The molecule has 0 spiro atoms. The molecule has 58 valence electrons. The summed E-state index contributed by atoms with van der Waals surface area (Å²) < 4.78 is 0.653.